The van der Waals surface area contributed by atoms with Gasteiger partial charge in [-0.2, -0.15) is 5.10 Å². The van der Waals surface area contributed by atoms with Crippen LogP contribution in [-0.2, 0) is 34.3 Å². The Labute approximate surface area is 109 Å². The van der Waals surface area contributed by atoms with E-state index in [1.165, 1.54) is 0 Å². The van der Waals surface area contributed by atoms with E-state index in [0.29, 0.717) is 26.3 Å². The Morgan fingerprint density at radius 1 is 1.59 bits per heavy atom. The fraction of sp³-hybridized carbons (Fsp3) is 0.667. The Morgan fingerprint density at radius 2 is 2.41 bits per heavy atom. The van der Waals surface area contributed by atoms with Crippen molar-refractivity contribution in [3.63, 3.8) is 0 Å². The summed E-state index contributed by atoms with van der Waals surface area (Å²) in [5.74, 6) is 0. The second-order valence-corrected chi connectivity index (χ2v) is 6.87. The minimum atomic E-state index is -3.19. The first-order valence-corrected chi connectivity index (χ1v) is 8.04. The summed E-state index contributed by atoms with van der Waals surface area (Å²) in [4.78, 5) is 0. The predicted octanol–water partition coefficient (Wildman–Crippen LogP) is 0.228. The first-order chi connectivity index (χ1) is 8.12. The summed E-state index contributed by atoms with van der Waals surface area (Å²) < 4.78 is 32.0. The van der Waals surface area contributed by atoms with E-state index in [1.807, 2.05) is 4.68 Å². The maximum Gasteiger partial charge on any atom is 0.221 e. The molecule has 17 heavy (non-hydrogen) atoms. The number of ether oxygens (including phenoxy) is 1. The number of fused-ring (bicyclic) bond motifs is 1. The summed E-state index contributed by atoms with van der Waals surface area (Å²) in [7, 11) is -3.19. The summed E-state index contributed by atoms with van der Waals surface area (Å²) in [5, 5.41) is 4.23. The van der Waals surface area contributed by atoms with Gasteiger partial charge in [-0.25, -0.2) is 13.1 Å². The second-order valence-electron chi connectivity index (χ2n) is 3.76. The van der Waals surface area contributed by atoms with Crippen LogP contribution in [0, 0.1) is 0 Å². The summed E-state index contributed by atoms with van der Waals surface area (Å²) in [6, 6.07) is 0. The molecule has 1 N–H and O–H groups in total. The van der Waals surface area contributed by atoms with Gasteiger partial charge in [-0.05, 0) is 0 Å². The van der Waals surface area contributed by atoms with E-state index in [1.54, 1.807) is 6.20 Å². The van der Waals surface area contributed by atoms with Crippen LogP contribution in [0.1, 0.15) is 11.3 Å². The van der Waals surface area contributed by atoms with Crippen LogP contribution < -0.4 is 4.72 Å². The molecule has 2 heterocycles. The predicted molar refractivity (Wildman–Crippen MR) is 66.3 cm³/mol. The molecule has 0 unspecified atom stereocenters. The lowest BCUT2D eigenvalue weighted by Crippen LogP contribution is -2.29. The van der Waals surface area contributed by atoms with E-state index >= 15 is 0 Å². The molecule has 0 aliphatic carbocycles. The van der Waals surface area contributed by atoms with Crippen LogP contribution in [0.2, 0.25) is 0 Å². The maximum absolute atomic E-state index is 11.2. The smallest absolute Gasteiger partial charge is 0.221 e. The summed E-state index contributed by atoms with van der Waals surface area (Å²) in [5.41, 5.74) is 2.24. The molecule has 0 aromatic carbocycles. The number of rotatable bonds is 5. The number of aromatic nitrogens is 2. The van der Waals surface area contributed by atoms with Gasteiger partial charge >= 0.3 is 0 Å². The van der Waals surface area contributed by atoms with Gasteiger partial charge in [-0.1, -0.05) is 15.9 Å². The third kappa shape index (κ3) is 3.27. The summed E-state index contributed by atoms with van der Waals surface area (Å²) in [6.45, 7) is 2.19. The van der Waals surface area contributed by atoms with Gasteiger partial charge in [0.25, 0.3) is 0 Å². The van der Waals surface area contributed by atoms with Crippen molar-refractivity contribution in [3.05, 3.63) is 17.5 Å². The van der Waals surface area contributed by atoms with Gasteiger partial charge in [0, 0.05) is 24.2 Å². The van der Waals surface area contributed by atoms with Crippen molar-refractivity contribution in [3.8, 4) is 0 Å². The van der Waals surface area contributed by atoms with Crippen LogP contribution in [-0.4, -0.2) is 36.0 Å². The van der Waals surface area contributed by atoms with Gasteiger partial charge in [0.15, 0.2) is 0 Å². The number of hydrogen-bond acceptors (Lipinski definition) is 4. The molecule has 0 radical (unpaired) electrons. The Kier molecular flexibility index (Phi) is 4.18. The molecule has 1 aromatic rings. The number of alkyl halides is 1. The zero-order chi connectivity index (χ0) is 12.3. The Balaban J connectivity index is 1.94. The Hall–Kier alpha value is -0.440. The zero-order valence-corrected chi connectivity index (χ0v) is 11.6. The van der Waals surface area contributed by atoms with Crippen molar-refractivity contribution in [1.29, 1.82) is 0 Å². The van der Waals surface area contributed by atoms with E-state index < -0.39 is 10.0 Å². The average molecular weight is 324 g/mol. The van der Waals surface area contributed by atoms with Gasteiger partial charge in [-0.15, -0.1) is 0 Å². The van der Waals surface area contributed by atoms with Gasteiger partial charge in [0.1, 0.15) is 4.66 Å². The first kappa shape index (κ1) is 13.0. The van der Waals surface area contributed by atoms with Crippen LogP contribution in [0.4, 0.5) is 0 Å². The molecule has 0 bridgehead atoms. The molecule has 0 saturated carbocycles. The van der Waals surface area contributed by atoms with Gasteiger partial charge in [0.2, 0.25) is 10.0 Å². The average Bonchev–Trinajstić information content (AvgIpc) is 2.73. The van der Waals surface area contributed by atoms with Crippen LogP contribution in [0.15, 0.2) is 6.20 Å². The largest absolute Gasteiger partial charge is 0.376 e. The first-order valence-electron chi connectivity index (χ1n) is 5.27. The van der Waals surface area contributed by atoms with Crippen LogP contribution in [0.25, 0.3) is 0 Å². The summed E-state index contributed by atoms with van der Waals surface area (Å²) in [6.07, 6.45) is 2.62. The zero-order valence-electron chi connectivity index (χ0n) is 9.23. The second kappa shape index (κ2) is 5.47. The van der Waals surface area contributed by atoms with Gasteiger partial charge < -0.3 is 4.74 Å². The SMILES string of the molecule is O=S(=O)(CBr)NCCn1ncc2c1CCOC2. The highest BCUT2D eigenvalue weighted by atomic mass is 79.9. The molecule has 6 nitrogen and oxygen atoms in total. The highest BCUT2D eigenvalue weighted by Crippen LogP contribution is 2.15. The highest BCUT2D eigenvalue weighted by molar-refractivity contribution is 9.10. The lowest BCUT2D eigenvalue weighted by molar-refractivity contribution is 0.109. The van der Waals surface area contributed by atoms with Crippen LogP contribution in [0.3, 0.4) is 0 Å². The molecule has 8 heteroatoms. The third-order valence-corrected chi connectivity index (χ3v) is 5.30. The molecule has 0 fully saturated rings. The molecule has 0 saturated heterocycles. The highest BCUT2D eigenvalue weighted by Gasteiger charge is 2.15. The normalized spacial score (nSPS) is 15.8. The minimum Gasteiger partial charge on any atom is -0.376 e. The van der Waals surface area contributed by atoms with Gasteiger partial charge in [-0.3, -0.25) is 4.68 Å². The Morgan fingerprint density at radius 3 is 3.18 bits per heavy atom. The van der Waals surface area contributed by atoms with Gasteiger partial charge in [0.05, 0.1) is 26.0 Å². The topological polar surface area (TPSA) is 73.2 Å². The molecule has 1 aliphatic rings. The molecule has 0 atom stereocenters. The molecular formula is C9H14BrN3O3S. The molecule has 96 valence electrons. The van der Waals surface area contributed by atoms with Crippen molar-refractivity contribution in [2.75, 3.05) is 17.8 Å². The summed E-state index contributed by atoms with van der Waals surface area (Å²) >= 11 is 2.92. The number of nitrogens with zero attached hydrogens (tertiary/aromatic N) is 2. The fourth-order valence-electron chi connectivity index (χ4n) is 1.75. The fourth-order valence-corrected chi connectivity index (χ4v) is 2.71. The van der Waals surface area contributed by atoms with Crippen molar-refractivity contribution in [2.45, 2.75) is 19.6 Å². The molecular weight excluding hydrogens is 310 g/mol. The van der Waals surface area contributed by atoms with Crippen molar-refractivity contribution in [1.82, 2.24) is 14.5 Å². The molecule has 0 amide bonds. The quantitative estimate of drug-likeness (QED) is 0.787. The molecule has 0 spiro atoms. The minimum absolute atomic E-state index is 0.0783. The third-order valence-electron chi connectivity index (χ3n) is 2.57. The van der Waals surface area contributed by atoms with Crippen molar-refractivity contribution < 1.29 is 13.2 Å². The van der Waals surface area contributed by atoms with E-state index in [9.17, 15) is 8.42 Å². The van der Waals surface area contributed by atoms with E-state index in [0.717, 1.165) is 17.7 Å². The van der Waals surface area contributed by atoms with E-state index in [-0.39, 0.29) is 4.66 Å². The molecule has 2 rings (SSSR count). The lowest BCUT2D eigenvalue weighted by Gasteiger charge is -2.14. The number of sulfonamides is 1. The van der Waals surface area contributed by atoms with E-state index in [2.05, 4.69) is 25.8 Å². The number of nitrogens with one attached hydrogen (secondary N) is 1. The van der Waals surface area contributed by atoms with Crippen molar-refractivity contribution in [2.24, 2.45) is 0 Å². The molecule has 1 aliphatic heterocycles. The monoisotopic (exact) mass is 323 g/mol. The number of hydrogen-bond donors (Lipinski definition) is 1. The van der Waals surface area contributed by atoms with E-state index in [4.69, 9.17) is 4.74 Å². The van der Waals surface area contributed by atoms with Crippen molar-refractivity contribution >= 4 is 26.0 Å². The Bertz CT molecular complexity index is 486. The van der Waals surface area contributed by atoms with Crippen LogP contribution in [0.5, 0.6) is 0 Å². The number of halogens is 1. The lowest BCUT2D eigenvalue weighted by atomic mass is 10.2. The maximum atomic E-state index is 11.2. The van der Waals surface area contributed by atoms with Crippen LogP contribution >= 0.6 is 15.9 Å². The standard InChI is InChI=1S/C9H14BrN3O3S/c10-7-17(14,15)12-2-3-13-9-1-4-16-6-8(9)5-11-13/h5,12H,1-4,6-7H2. The molecule has 1 aromatic heterocycles.